The number of carbonyl (C=O) groups is 1. The van der Waals surface area contributed by atoms with Crippen molar-refractivity contribution in [3.8, 4) is 11.5 Å². The van der Waals surface area contributed by atoms with Crippen molar-refractivity contribution >= 4 is 17.2 Å². The summed E-state index contributed by atoms with van der Waals surface area (Å²) in [6, 6.07) is 17.4. The number of nitrogens with zero attached hydrogens (tertiary/aromatic N) is 2. The van der Waals surface area contributed by atoms with Crippen LogP contribution in [0.1, 0.15) is 30.1 Å². The van der Waals surface area contributed by atoms with E-state index in [4.69, 9.17) is 9.47 Å². The van der Waals surface area contributed by atoms with Crippen LogP contribution >= 0.6 is 11.3 Å². The number of hydrogen-bond acceptors (Lipinski definition) is 5. The highest BCUT2D eigenvalue weighted by molar-refractivity contribution is 7.09. The molecule has 3 aromatic rings. The number of amides is 1. The summed E-state index contributed by atoms with van der Waals surface area (Å²) in [6.07, 6.45) is 0.404. The van der Waals surface area contributed by atoms with Gasteiger partial charge in [0.15, 0.2) is 11.5 Å². The standard InChI is InChI=1S/C24H28N2O3S/c1-18(2)14-26(24(27)13-19-9-5-4-6-10-19)15-20-17-30-23(25-20)16-29-22-12-8-7-11-21(22)28-3/h4-12,17-18H,13-16H2,1-3H3. The van der Waals surface area contributed by atoms with Crippen LogP contribution in [0.4, 0.5) is 0 Å². The van der Waals surface area contributed by atoms with E-state index in [2.05, 4.69) is 18.8 Å². The Balaban J connectivity index is 1.62. The second-order valence-electron chi connectivity index (χ2n) is 7.50. The fraction of sp³-hybridized carbons (Fsp3) is 0.333. The molecule has 158 valence electrons. The molecule has 0 unspecified atom stereocenters. The molecule has 1 amide bonds. The third-order valence-electron chi connectivity index (χ3n) is 4.51. The van der Waals surface area contributed by atoms with Crippen molar-refractivity contribution in [2.45, 2.75) is 33.4 Å². The van der Waals surface area contributed by atoms with E-state index in [0.717, 1.165) is 16.3 Å². The Kier molecular flexibility index (Phi) is 7.85. The topological polar surface area (TPSA) is 51.7 Å². The van der Waals surface area contributed by atoms with Crippen LogP contribution in [-0.2, 0) is 24.4 Å². The van der Waals surface area contributed by atoms with E-state index in [1.807, 2.05) is 64.9 Å². The van der Waals surface area contributed by atoms with Crippen molar-refractivity contribution in [3.05, 3.63) is 76.2 Å². The molecule has 3 rings (SSSR count). The van der Waals surface area contributed by atoms with E-state index >= 15 is 0 Å². The molecule has 0 aliphatic heterocycles. The highest BCUT2D eigenvalue weighted by atomic mass is 32.1. The lowest BCUT2D eigenvalue weighted by Gasteiger charge is -2.24. The van der Waals surface area contributed by atoms with E-state index in [0.29, 0.717) is 43.5 Å². The predicted octanol–water partition coefficient (Wildman–Crippen LogP) is 4.96. The van der Waals surface area contributed by atoms with Crippen LogP contribution in [0.25, 0.3) is 0 Å². The van der Waals surface area contributed by atoms with Gasteiger partial charge in [-0.25, -0.2) is 4.98 Å². The Hall–Kier alpha value is -2.86. The Morgan fingerprint density at radius 2 is 1.77 bits per heavy atom. The number of benzene rings is 2. The van der Waals surface area contributed by atoms with Crippen LogP contribution < -0.4 is 9.47 Å². The molecule has 0 N–H and O–H groups in total. The number of methoxy groups -OCH3 is 1. The van der Waals surface area contributed by atoms with Gasteiger partial charge in [-0.1, -0.05) is 56.3 Å². The number of ether oxygens (including phenoxy) is 2. The molecule has 0 fully saturated rings. The second-order valence-corrected chi connectivity index (χ2v) is 8.45. The summed E-state index contributed by atoms with van der Waals surface area (Å²) in [5.74, 6) is 1.89. The molecule has 5 nitrogen and oxygen atoms in total. The lowest BCUT2D eigenvalue weighted by Crippen LogP contribution is -2.35. The van der Waals surface area contributed by atoms with Crippen molar-refractivity contribution in [1.29, 1.82) is 0 Å². The van der Waals surface area contributed by atoms with Gasteiger partial charge in [-0.05, 0) is 23.6 Å². The van der Waals surface area contributed by atoms with Gasteiger partial charge in [-0.2, -0.15) is 0 Å². The molecule has 0 spiro atoms. The smallest absolute Gasteiger partial charge is 0.227 e. The Bertz CT molecular complexity index is 940. The fourth-order valence-corrected chi connectivity index (χ4v) is 3.83. The van der Waals surface area contributed by atoms with Gasteiger partial charge in [0.25, 0.3) is 0 Å². The highest BCUT2D eigenvalue weighted by Crippen LogP contribution is 2.27. The van der Waals surface area contributed by atoms with Gasteiger partial charge in [0.05, 0.1) is 25.8 Å². The maximum Gasteiger partial charge on any atom is 0.227 e. The molecular weight excluding hydrogens is 396 g/mol. The van der Waals surface area contributed by atoms with Gasteiger partial charge < -0.3 is 14.4 Å². The molecule has 1 heterocycles. The van der Waals surface area contributed by atoms with Crippen molar-refractivity contribution in [2.75, 3.05) is 13.7 Å². The molecule has 6 heteroatoms. The lowest BCUT2D eigenvalue weighted by atomic mass is 10.1. The largest absolute Gasteiger partial charge is 0.493 e. The molecule has 30 heavy (non-hydrogen) atoms. The molecule has 0 saturated heterocycles. The number of rotatable bonds is 10. The summed E-state index contributed by atoms with van der Waals surface area (Å²) < 4.78 is 11.2. The maximum absolute atomic E-state index is 12.9. The van der Waals surface area contributed by atoms with Crippen molar-refractivity contribution in [2.24, 2.45) is 5.92 Å². The van der Waals surface area contributed by atoms with Gasteiger partial charge in [-0.3, -0.25) is 4.79 Å². The van der Waals surface area contributed by atoms with E-state index in [9.17, 15) is 4.79 Å². The first kappa shape index (κ1) is 21.8. The first-order chi connectivity index (χ1) is 14.5. The number of hydrogen-bond donors (Lipinski definition) is 0. The number of para-hydroxylation sites is 2. The molecule has 0 saturated carbocycles. The van der Waals surface area contributed by atoms with Crippen molar-refractivity contribution in [3.63, 3.8) is 0 Å². The summed E-state index contributed by atoms with van der Waals surface area (Å²) in [6.45, 7) is 5.82. The average Bonchev–Trinajstić information content (AvgIpc) is 3.19. The second kappa shape index (κ2) is 10.8. The van der Waals surface area contributed by atoms with Crippen LogP contribution in [0.3, 0.4) is 0 Å². The van der Waals surface area contributed by atoms with Gasteiger partial charge in [-0.15, -0.1) is 11.3 Å². The molecule has 2 aromatic carbocycles. The zero-order chi connectivity index (χ0) is 21.3. The quantitative estimate of drug-likeness (QED) is 0.462. The van der Waals surface area contributed by atoms with Crippen LogP contribution in [0, 0.1) is 5.92 Å². The monoisotopic (exact) mass is 424 g/mol. The Morgan fingerprint density at radius 1 is 1.07 bits per heavy atom. The van der Waals surface area contributed by atoms with Crippen molar-refractivity contribution in [1.82, 2.24) is 9.88 Å². The van der Waals surface area contributed by atoms with Crippen LogP contribution in [-0.4, -0.2) is 29.4 Å². The molecule has 0 bridgehead atoms. The lowest BCUT2D eigenvalue weighted by molar-refractivity contribution is -0.131. The third-order valence-corrected chi connectivity index (χ3v) is 5.38. The summed E-state index contributed by atoms with van der Waals surface area (Å²) in [5.41, 5.74) is 1.92. The summed E-state index contributed by atoms with van der Waals surface area (Å²) in [4.78, 5) is 19.5. The molecule has 0 radical (unpaired) electrons. The normalized spacial score (nSPS) is 10.8. The molecule has 0 atom stereocenters. The van der Waals surface area contributed by atoms with E-state index in [1.54, 1.807) is 18.4 Å². The maximum atomic E-state index is 12.9. The first-order valence-electron chi connectivity index (χ1n) is 10.1. The van der Waals surface area contributed by atoms with Gasteiger partial charge in [0.1, 0.15) is 11.6 Å². The zero-order valence-corrected chi connectivity index (χ0v) is 18.5. The zero-order valence-electron chi connectivity index (χ0n) is 17.7. The van der Waals surface area contributed by atoms with E-state index < -0.39 is 0 Å². The fourth-order valence-electron chi connectivity index (χ4n) is 3.14. The van der Waals surface area contributed by atoms with Gasteiger partial charge in [0.2, 0.25) is 5.91 Å². The van der Waals surface area contributed by atoms with Crippen LogP contribution in [0.5, 0.6) is 11.5 Å². The molecule has 0 aliphatic rings. The van der Waals surface area contributed by atoms with Crippen molar-refractivity contribution < 1.29 is 14.3 Å². The Morgan fingerprint density at radius 3 is 2.47 bits per heavy atom. The van der Waals surface area contributed by atoms with E-state index in [1.165, 1.54) is 0 Å². The predicted molar refractivity (Wildman–Crippen MR) is 120 cm³/mol. The molecule has 0 aliphatic carbocycles. The summed E-state index contributed by atoms with van der Waals surface area (Å²) in [5, 5.41) is 2.88. The summed E-state index contributed by atoms with van der Waals surface area (Å²) >= 11 is 1.54. The minimum Gasteiger partial charge on any atom is -0.493 e. The van der Waals surface area contributed by atoms with Crippen LogP contribution in [0.2, 0.25) is 0 Å². The summed E-state index contributed by atoms with van der Waals surface area (Å²) in [7, 11) is 1.62. The number of carbonyl (C=O) groups excluding carboxylic acids is 1. The minimum atomic E-state index is 0.120. The van der Waals surface area contributed by atoms with Gasteiger partial charge >= 0.3 is 0 Å². The minimum absolute atomic E-state index is 0.120. The number of thiazole rings is 1. The molecular formula is C24H28N2O3S. The first-order valence-corrected chi connectivity index (χ1v) is 10.9. The van der Waals surface area contributed by atoms with Gasteiger partial charge in [0, 0.05) is 11.9 Å². The Labute approximate surface area is 182 Å². The highest BCUT2D eigenvalue weighted by Gasteiger charge is 2.17. The SMILES string of the molecule is COc1ccccc1OCc1nc(CN(CC(C)C)C(=O)Cc2ccccc2)cs1. The van der Waals surface area contributed by atoms with E-state index in [-0.39, 0.29) is 5.91 Å². The van der Waals surface area contributed by atoms with Crippen LogP contribution in [0.15, 0.2) is 60.0 Å². The molecule has 1 aromatic heterocycles. The average molecular weight is 425 g/mol. The number of aromatic nitrogens is 1. The third kappa shape index (κ3) is 6.32.